The van der Waals surface area contributed by atoms with Crippen molar-refractivity contribution >= 4 is 28.5 Å². The lowest BCUT2D eigenvalue weighted by molar-refractivity contribution is -0.115. The van der Waals surface area contributed by atoms with E-state index in [2.05, 4.69) is 10.5 Å². The van der Waals surface area contributed by atoms with Gasteiger partial charge >= 0.3 is 5.97 Å². The third-order valence-electron chi connectivity index (χ3n) is 4.46. The van der Waals surface area contributed by atoms with Gasteiger partial charge in [-0.3, -0.25) is 4.79 Å². The molecule has 0 saturated heterocycles. The summed E-state index contributed by atoms with van der Waals surface area (Å²) in [6.45, 7) is 6.33. The lowest BCUT2D eigenvalue weighted by Gasteiger charge is -2.10. The van der Waals surface area contributed by atoms with Crippen molar-refractivity contribution in [2.45, 2.75) is 40.0 Å². The van der Waals surface area contributed by atoms with E-state index in [1.165, 1.54) is 0 Å². The molecule has 1 N–H and O–H groups in total. The van der Waals surface area contributed by atoms with Crippen LogP contribution < -0.4 is 5.32 Å². The lowest BCUT2D eigenvalue weighted by atomic mass is 10.1. The van der Waals surface area contributed by atoms with Crippen LogP contribution in [0.4, 0.5) is 5.69 Å². The van der Waals surface area contributed by atoms with Crippen LogP contribution in [0.1, 0.15) is 46.9 Å². The number of carbonyl (C=O) groups excluding carboxylic acids is 2. The fraction of sp³-hybridized carbons (Fsp3) is 0.318. The molecule has 3 rings (SSSR count). The first-order valence-electron chi connectivity index (χ1n) is 9.41. The van der Waals surface area contributed by atoms with Crippen molar-refractivity contribution in [1.29, 1.82) is 0 Å². The molecule has 0 fully saturated rings. The maximum absolute atomic E-state index is 12.6. The summed E-state index contributed by atoms with van der Waals surface area (Å²) in [7, 11) is 0. The van der Waals surface area contributed by atoms with Gasteiger partial charge in [-0.1, -0.05) is 36.7 Å². The minimum Gasteiger partial charge on any atom is -0.462 e. The second-order valence-electron chi connectivity index (χ2n) is 6.85. The summed E-state index contributed by atoms with van der Waals surface area (Å²) >= 11 is 0. The van der Waals surface area contributed by atoms with Crippen molar-refractivity contribution in [3.63, 3.8) is 0 Å². The number of esters is 1. The summed E-state index contributed by atoms with van der Waals surface area (Å²) in [4.78, 5) is 24.9. The first kappa shape index (κ1) is 19.6. The van der Waals surface area contributed by atoms with Gasteiger partial charge in [-0.2, -0.15) is 0 Å². The summed E-state index contributed by atoms with van der Waals surface area (Å²) in [5.41, 5.74) is 4.08. The van der Waals surface area contributed by atoms with Crippen LogP contribution in [-0.4, -0.2) is 23.6 Å². The van der Waals surface area contributed by atoms with E-state index in [1.54, 1.807) is 24.3 Å². The molecule has 0 bridgehead atoms. The molecular weight excluding hydrogens is 356 g/mol. The topological polar surface area (TPSA) is 81.4 Å². The maximum atomic E-state index is 12.6. The number of anilines is 1. The fourth-order valence-corrected chi connectivity index (χ4v) is 3.07. The summed E-state index contributed by atoms with van der Waals surface area (Å²) in [6, 6.07) is 10.8. The minimum atomic E-state index is -0.442. The SMILES string of the molecule is CCCCOC(=O)c1ccccc1NC(=O)Cc1noc2c(C)cc(C)cc12. The number of para-hydroxylation sites is 1. The molecule has 0 aliphatic carbocycles. The molecule has 0 radical (unpaired) electrons. The number of hydrogen-bond acceptors (Lipinski definition) is 5. The summed E-state index contributed by atoms with van der Waals surface area (Å²) < 4.78 is 10.7. The molecule has 0 aliphatic heterocycles. The molecule has 2 aromatic carbocycles. The van der Waals surface area contributed by atoms with Gasteiger partial charge in [0.15, 0.2) is 5.58 Å². The van der Waals surface area contributed by atoms with Gasteiger partial charge in [-0.15, -0.1) is 0 Å². The van der Waals surface area contributed by atoms with Gasteiger partial charge in [-0.25, -0.2) is 4.79 Å². The first-order chi connectivity index (χ1) is 13.5. The van der Waals surface area contributed by atoms with Crippen molar-refractivity contribution in [3.05, 3.63) is 58.8 Å². The predicted molar refractivity (Wildman–Crippen MR) is 107 cm³/mol. The van der Waals surface area contributed by atoms with E-state index in [9.17, 15) is 9.59 Å². The zero-order valence-corrected chi connectivity index (χ0v) is 16.4. The summed E-state index contributed by atoms with van der Waals surface area (Å²) in [5, 5.41) is 7.68. The van der Waals surface area contributed by atoms with Crippen molar-refractivity contribution in [2.24, 2.45) is 0 Å². The number of nitrogens with one attached hydrogen (secondary N) is 1. The third-order valence-corrected chi connectivity index (χ3v) is 4.46. The van der Waals surface area contributed by atoms with Crippen LogP contribution in [0.25, 0.3) is 11.0 Å². The second kappa shape index (κ2) is 8.69. The highest BCUT2D eigenvalue weighted by Crippen LogP contribution is 2.24. The second-order valence-corrected chi connectivity index (χ2v) is 6.85. The number of carbonyl (C=O) groups is 2. The molecule has 0 atom stereocenters. The summed E-state index contributed by atoms with van der Waals surface area (Å²) in [5.74, 6) is -0.717. The van der Waals surface area contributed by atoms with Crippen LogP contribution in [0.2, 0.25) is 0 Å². The molecule has 1 aromatic heterocycles. The monoisotopic (exact) mass is 380 g/mol. The Morgan fingerprint density at radius 3 is 2.75 bits per heavy atom. The highest BCUT2D eigenvalue weighted by molar-refractivity contribution is 6.02. The highest BCUT2D eigenvalue weighted by atomic mass is 16.5. The molecule has 3 aromatic rings. The molecule has 0 spiro atoms. The van der Waals surface area contributed by atoms with E-state index < -0.39 is 5.97 Å². The number of nitrogens with zero attached hydrogens (tertiary/aromatic N) is 1. The number of fused-ring (bicyclic) bond motifs is 1. The quantitative estimate of drug-likeness (QED) is 0.479. The van der Waals surface area contributed by atoms with Crippen LogP contribution in [0.5, 0.6) is 0 Å². The third kappa shape index (κ3) is 4.39. The lowest BCUT2D eigenvalue weighted by Crippen LogP contribution is -2.18. The fourth-order valence-electron chi connectivity index (χ4n) is 3.07. The van der Waals surface area contributed by atoms with Crippen LogP contribution in [-0.2, 0) is 16.0 Å². The van der Waals surface area contributed by atoms with E-state index in [0.29, 0.717) is 29.1 Å². The van der Waals surface area contributed by atoms with E-state index in [4.69, 9.17) is 9.26 Å². The average molecular weight is 380 g/mol. The van der Waals surface area contributed by atoms with Crippen LogP contribution in [0.3, 0.4) is 0 Å². The molecular formula is C22H24N2O4. The molecule has 6 nitrogen and oxygen atoms in total. The molecule has 1 heterocycles. The Morgan fingerprint density at radius 1 is 1.18 bits per heavy atom. The van der Waals surface area contributed by atoms with Crippen molar-refractivity contribution in [3.8, 4) is 0 Å². The minimum absolute atomic E-state index is 0.0507. The first-order valence-corrected chi connectivity index (χ1v) is 9.41. The zero-order valence-electron chi connectivity index (χ0n) is 16.4. The number of rotatable bonds is 7. The zero-order chi connectivity index (χ0) is 20.1. The number of ether oxygens (including phenoxy) is 1. The Bertz CT molecular complexity index is 1010. The van der Waals surface area contributed by atoms with Crippen LogP contribution in [0, 0.1) is 13.8 Å². The van der Waals surface area contributed by atoms with Crippen LogP contribution >= 0.6 is 0 Å². The van der Waals surface area contributed by atoms with E-state index in [1.807, 2.05) is 32.9 Å². The van der Waals surface area contributed by atoms with Crippen molar-refractivity contribution in [2.75, 3.05) is 11.9 Å². The number of benzene rings is 2. The molecule has 0 aliphatic rings. The Hall–Kier alpha value is -3.15. The predicted octanol–water partition coefficient (Wildman–Crippen LogP) is 4.58. The Morgan fingerprint density at radius 2 is 1.96 bits per heavy atom. The van der Waals surface area contributed by atoms with Gasteiger partial charge in [-0.05, 0) is 49.6 Å². The molecule has 1 amide bonds. The smallest absolute Gasteiger partial charge is 0.340 e. The van der Waals surface area contributed by atoms with E-state index in [-0.39, 0.29) is 12.3 Å². The molecule has 6 heteroatoms. The van der Waals surface area contributed by atoms with Gasteiger partial charge < -0.3 is 14.6 Å². The number of hydrogen-bond donors (Lipinski definition) is 1. The summed E-state index contributed by atoms with van der Waals surface area (Å²) in [6.07, 6.45) is 1.80. The highest BCUT2D eigenvalue weighted by Gasteiger charge is 2.17. The van der Waals surface area contributed by atoms with E-state index >= 15 is 0 Å². The number of aryl methyl sites for hydroxylation is 2. The van der Waals surface area contributed by atoms with Gasteiger partial charge in [0.1, 0.15) is 5.69 Å². The Labute approximate surface area is 163 Å². The van der Waals surface area contributed by atoms with Crippen molar-refractivity contribution < 1.29 is 18.8 Å². The number of amides is 1. The molecule has 146 valence electrons. The molecule has 0 unspecified atom stereocenters. The van der Waals surface area contributed by atoms with Gasteiger partial charge in [0, 0.05) is 5.39 Å². The Kier molecular flexibility index (Phi) is 6.09. The normalized spacial score (nSPS) is 10.8. The largest absolute Gasteiger partial charge is 0.462 e. The van der Waals surface area contributed by atoms with Gasteiger partial charge in [0.05, 0.1) is 24.3 Å². The maximum Gasteiger partial charge on any atom is 0.340 e. The number of unbranched alkanes of at least 4 members (excludes halogenated alkanes) is 1. The standard InChI is InChI=1S/C22H24N2O4/c1-4-5-10-27-22(26)16-8-6-7-9-18(16)23-20(25)13-19-17-12-14(2)11-15(3)21(17)28-24-19/h6-9,11-12H,4-5,10,13H2,1-3H3,(H,23,25). The van der Waals surface area contributed by atoms with E-state index in [0.717, 1.165) is 29.4 Å². The number of aromatic nitrogens is 1. The van der Waals surface area contributed by atoms with Gasteiger partial charge in [0.25, 0.3) is 0 Å². The average Bonchev–Trinajstić information content (AvgIpc) is 3.05. The molecule has 28 heavy (non-hydrogen) atoms. The van der Waals surface area contributed by atoms with Crippen molar-refractivity contribution in [1.82, 2.24) is 5.16 Å². The molecule has 0 saturated carbocycles. The van der Waals surface area contributed by atoms with Gasteiger partial charge in [0.2, 0.25) is 5.91 Å². The Balaban J connectivity index is 1.75. The van der Waals surface area contributed by atoms with Crippen LogP contribution in [0.15, 0.2) is 40.9 Å².